The minimum Gasteiger partial charge on any atom is -0.507 e. The van der Waals surface area contributed by atoms with Gasteiger partial charge in [0.25, 0.3) is 11.7 Å². The van der Waals surface area contributed by atoms with Crippen LogP contribution < -0.4 is 9.64 Å². The molecule has 1 aliphatic heterocycles. The van der Waals surface area contributed by atoms with Gasteiger partial charge in [-0.3, -0.25) is 14.5 Å². The zero-order valence-electron chi connectivity index (χ0n) is 19.2. The molecule has 1 fully saturated rings. The summed E-state index contributed by atoms with van der Waals surface area (Å²) in [6.07, 6.45) is 0. The number of ether oxygens (including phenoxy) is 1. The largest absolute Gasteiger partial charge is 0.507 e. The highest BCUT2D eigenvalue weighted by molar-refractivity contribution is 7.10. The summed E-state index contributed by atoms with van der Waals surface area (Å²) in [4.78, 5) is 28.9. The Bertz CT molecular complexity index is 1230. The highest BCUT2D eigenvalue weighted by atomic mass is 32.1. The normalized spacial score (nSPS) is 17.7. The minimum absolute atomic E-state index is 0.0874. The summed E-state index contributed by atoms with van der Waals surface area (Å²) >= 11 is 1.45. The second kappa shape index (κ2) is 9.24. The van der Waals surface area contributed by atoms with Crippen molar-refractivity contribution in [1.29, 1.82) is 0 Å². The number of Topliss-reactive ketones (excluding diaryl/α,β-unsaturated/α-hetero) is 1. The number of hydrogen-bond donors (Lipinski definition) is 1. The summed E-state index contributed by atoms with van der Waals surface area (Å²) in [7, 11) is 0. The highest BCUT2D eigenvalue weighted by Crippen LogP contribution is 2.44. The summed E-state index contributed by atoms with van der Waals surface area (Å²) in [5.74, 6) is -0.584. The van der Waals surface area contributed by atoms with E-state index in [0.29, 0.717) is 29.5 Å². The summed E-state index contributed by atoms with van der Waals surface area (Å²) in [6, 6.07) is 15.7. The van der Waals surface area contributed by atoms with Crippen LogP contribution in [0.25, 0.3) is 5.76 Å². The van der Waals surface area contributed by atoms with Gasteiger partial charge in [-0.15, -0.1) is 11.3 Å². The van der Waals surface area contributed by atoms with Crippen molar-refractivity contribution >= 4 is 34.5 Å². The van der Waals surface area contributed by atoms with E-state index in [4.69, 9.17) is 4.74 Å². The summed E-state index contributed by atoms with van der Waals surface area (Å²) in [6.45, 7) is 8.55. The molecule has 170 valence electrons. The van der Waals surface area contributed by atoms with Gasteiger partial charge in [-0.25, -0.2) is 0 Å². The van der Waals surface area contributed by atoms with E-state index < -0.39 is 17.7 Å². The van der Waals surface area contributed by atoms with E-state index in [1.165, 1.54) is 16.2 Å². The molecular formula is C27H27NO4S. The minimum atomic E-state index is -0.703. The van der Waals surface area contributed by atoms with Crippen LogP contribution in [-0.2, 0) is 9.59 Å². The van der Waals surface area contributed by atoms with E-state index in [0.717, 1.165) is 16.0 Å². The van der Waals surface area contributed by atoms with Gasteiger partial charge < -0.3 is 9.84 Å². The number of anilines is 1. The molecule has 1 unspecified atom stereocenters. The highest BCUT2D eigenvalue weighted by Gasteiger charge is 2.47. The molecule has 33 heavy (non-hydrogen) atoms. The lowest BCUT2D eigenvalue weighted by atomic mass is 9.99. The molecule has 1 aliphatic rings. The van der Waals surface area contributed by atoms with Crippen LogP contribution in [0.3, 0.4) is 0 Å². The van der Waals surface area contributed by atoms with Gasteiger partial charge >= 0.3 is 0 Å². The quantitative estimate of drug-likeness (QED) is 0.277. The van der Waals surface area contributed by atoms with Gasteiger partial charge in [0.1, 0.15) is 17.6 Å². The number of carbonyl (C=O) groups excluding carboxylic acids is 2. The first kappa shape index (κ1) is 22.8. The molecule has 1 atom stereocenters. The average molecular weight is 462 g/mol. The molecule has 5 nitrogen and oxygen atoms in total. The van der Waals surface area contributed by atoms with Gasteiger partial charge in [-0.2, -0.15) is 0 Å². The summed E-state index contributed by atoms with van der Waals surface area (Å²) < 4.78 is 5.79. The standard InChI is InChI=1S/C27H27NO4S/c1-16(2)15-32-20-10-6-9-19(14-20)25(29)23-24(22-12-7-13-33-22)28(27(31)26(23)30)21-11-5-8-17(3)18(21)4/h5-14,16,24,29H,15H2,1-4H3/b25-23-. The molecule has 1 amide bonds. The van der Waals surface area contributed by atoms with Crippen LogP contribution in [0.4, 0.5) is 5.69 Å². The van der Waals surface area contributed by atoms with Crippen LogP contribution in [0.15, 0.2) is 65.6 Å². The van der Waals surface area contributed by atoms with Crippen LogP contribution in [-0.4, -0.2) is 23.4 Å². The van der Waals surface area contributed by atoms with E-state index in [2.05, 4.69) is 13.8 Å². The number of benzene rings is 2. The lowest BCUT2D eigenvalue weighted by molar-refractivity contribution is -0.132. The monoisotopic (exact) mass is 461 g/mol. The smallest absolute Gasteiger partial charge is 0.300 e. The van der Waals surface area contributed by atoms with Crippen LogP contribution in [0.2, 0.25) is 0 Å². The molecule has 0 spiro atoms. The number of carbonyl (C=O) groups is 2. The third-order valence-corrected chi connectivity index (χ3v) is 6.71. The first-order valence-electron chi connectivity index (χ1n) is 10.9. The van der Waals surface area contributed by atoms with Crippen LogP contribution in [0.1, 0.15) is 41.5 Å². The Morgan fingerprint density at radius 1 is 1.09 bits per heavy atom. The van der Waals surface area contributed by atoms with Crippen molar-refractivity contribution in [3.8, 4) is 5.75 Å². The van der Waals surface area contributed by atoms with E-state index >= 15 is 0 Å². The molecule has 6 heteroatoms. The van der Waals surface area contributed by atoms with Crippen molar-refractivity contribution in [2.75, 3.05) is 11.5 Å². The van der Waals surface area contributed by atoms with Gasteiger partial charge in [0.2, 0.25) is 0 Å². The predicted octanol–water partition coefficient (Wildman–Crippen LogP) is 6.03. The fourth-order valence-corrected chi connectivity index (χ4v) is 4.77. The molecule has 1 aromatic heterocycles. The maximum atomic E-state index is 13.3. The number of amides is 1. The number of ketones is 1. The maximum absolute atomic E-state index is 13.3. The second-order valence-electron chi connectivity index (χ2n) is 8.64. The number of hydrogen-bond acceptors (Lipinski definition) is 5. The van der Waals surface area contributed by atoms with Crippen LogP contribution in [0.5, 0.6) is 5.75 Å². The SMILES string of the molecule is Cc1cccc(N2C(=O)C(=O)/C(=C(\O)c3cccc(OCC(C)C)c3)C2c2cccs2)c1C. The van der Waals surface area contributed by atoms with Gasteiger partial charge in [0.05, 0.1) is 12.2 Å². The molecule has 4 rings (SSSR count). The summed E-state index contributed by atoms with van der Waals surface area (Å²) in [5.41, 5.74) is 3.14. The van der Waals surface area contributed by atoms with Crippen LogP contribution in [0, 0.1) is 19.8 Å². The predicted molar refractivity (Wildman–Crippen MR) is 132 cm³/mol. The first-order chi connectivity index (χ1) is 15.8. The molecule has 1 N–H and O–H groups in total. The Balaban J connectivity index is 1.86. The Morgan fingerprint density at radius 2 is 1.85 bits per heavy atom. The van der Waals surface area contributed by atoms with Gasteiger partial charge in [-0.05, 0) is 60.5 Å². The Kier molecular flexibility index (Phi) is 6.38. The number of aliphatic hydroxyl groups is 1. The van der Waals surface area contributed by atoms with E-state index in [1.807, 2.05) is 55.6 Å². The molecule has 0 bridgehead atoms. The van der Waals surface area contributed by atoms with E-state index in [1.54, 1.807) is 18.2 Å². The van der Waals surface area contributed by atoms with Crippen molar-refractivity contribution in [2.45, 2.75) is 33.7 Å². The number of aryl methyl sites for hydroxylation is 1. The Labute approximate surface area is 197 Å². The summed E-state index contributed by atoms with van der Waals surface area (Å²) in [5, 5.41) is 13.2. The molecule has 2 heterocycles. The van der Waals surface area contributed by atoms with Crippen molar-refractivity contribution in [3.63, 3.8) is 0 Å². The third kappa shape index (κ3) is 4.31. The van der Waals surface area contributed by atoms with Crippen molar-refractivity contribution in [1.82, 2.24) is 0 Å². The van der Waals surface area contributed by atoms with Gasteiger partial charge in [-0.1, -0.05) is 44.2 Å². The Hall–Kier alpha value is -3.38. The van der Waals surface area contributed by atoms with Gasteiger partial charge in [0, 0.05) is 16.1 Å². The number of thiophene rings is 1. The molecule has 2 aromatic carbocycles. The fraction of sp³-hybridized carbons (Fsp3) is 0.259. The van der Waals surface area contributed by atoms with Crippen LogP contribution >= 0.6 is 11.3 Å². The maximum Gasteiger partial charge on any atom is 0.300 e. The first-order valence-corrected chi connectivity index (χ1v) is 11.8. The molecule has 0 saturated carbocycles. The molecule has 0 aliphatic carbocycles. The van der Waals surface area contributed by atoms with Crippen molar-refractivity contribution < 1.29 is 19.4 Å². The van der Waals surface area contributed by atoms with Crippen molar-refractivity contribution in [2.24, 2.45) is 5.92 Å². The molecular weight excluding hydrogens is 434 g/mol. The fourth-order valence-electron chi connectivity index (χ4n) is 3.95. The lowest BCUT2D eigenvalue weighted by Gasteiger charge is -2.26. The Morgan fingerprint density at radius 3 is 2.55 bits per heavy atom. The van der Waals surface area contributed by atoms with E-state index in [9.17, 15) is 14.7 Å². The third-order valence-electron chi connectivity index (χ3n) is 5.78. The zero-order chi connectivity index (χ0) is 23.7. The number of rotatable bonds is 6. The average Bonchev–Trinajstić information content (AvgIpc) is 3.41. The zero-order valence-corrected chi connectivity index (χ0v) is 20.0. The molecule has 0 radical (unpaired) electrons. The second-order valence-corrected chi connectivity index (χ2v) is 9.62. The van der Waals surface area contributed by atoms with E-state index in [-0.39, 0.29) is 11.3 Å². The lowest BCUT2D eigenvalue weighted by Crippen LogP contribution is -2.29. The van der Waals surface area contributed by atoms with Crippen molar-refractivity contribution in [3.05, 3.63) is 87.1 Å². The molecule has 3 aromatic rings. The van der Waals surface area contributed by atoms with Gasteiger partial charge in [0.15, 0.2) is 0 Å². The number of aliphatic hydroxyl groups excluding tert-OH is 1. The number of nitrogens with zero attached hydrogens (tertiary/aromatic N) is 1. The topological polar surface area (TPSA) is 66.8 Å². The molecule has 1 saturated heterocycles.